The van der Waals surface area contributed by atoms with Gasteiger partial charge in [-0.25, -0.2) is 14.8 Å². The summed E-state index contributed by atoms with van der Waals surface area (Å²) >= 11 is 0. The van der Waals surface area contributed by atoms with E-state index in [0.717, 1.165) is 47.7 Å². The standard InChI is InChI=1S/C22H22N6O/c1-14-11-18-21(26-20(14)16-6-9-23-15(2)12-16)28(17-7-10-27(18)13-17)22(29)25-19-5-3-4-8-24-19/h3-6,8-9,11-12,17H,7,10,13H2,1-2H3,(H,24,25,29). The summed E-state index contributed by atoms with van der Waals surface area (Å²) in [5.41, 5.74) is 4.94. The van der Waals surface area contributed by atoms with Crippen LogP contribution in [0.5, 0.6) is 0 Å². The SMILES string of the molecule is Cc1cc(-c2nc3c(cc2C)N2CCC(C2)N3C(=O)Nc2ccccn2)ccn1. The minimum Gasteiger partial charge on any atom is -0.366 e. The third-order valence-electron chi connectivity index (χ3n) is 5.56. The van der Waals surface area contributed by atoms with Crippen LogP contribution in [0.2, 0.25) is 0 Å². The summed E-state index contributed by atoms with van der Waals surface area (Å²) in [4.78, 5) is 30.8. The molecule has 1 fully saturated rings. The van der Waals surface area contributed by atoms with Gasteiger partial charge in [0.05, 0.1) is 17.4 Å². The average molecular weight is 386 g/mol. The molecule has 146 valence electrons. The van der Waals surface area contributed by atoms with Gasteiger partial charge in [-0.2, -0.15) is 0 Å². The van der Waals surface area contributed by atoms with Crippen LogP contribution in [0.15, 0.2) is 48.8 Å². The van der Waals surface area contributed by atoms with E-state index in [1.165, 1.54) is 0 Å². The molecule has 1 N–H and O–H groups in total. The molecule has 1 unspecified atom stereocenters. The monoisotopic (exact) mass is 386 g/mol. The highest BCUT2D eigenvalue weighted by atomic mass is 16.2. The minimum atomic E-state index is -0.190. The molecular formula is C22H22N6O. The van der Waals surface area contributed by atoms with Gasteiger partial charge in [0, 0.05) is 36.7 Å². The molecule has 0 aromatic carbocycles. The maximum Gasteiger partial charge on any atom is 0.329 e. The molecule has 1 atom stereocenters. The predicted molar refractivity (Wildman–Crippen MR) is 113 cm³/mol. The molecule has 5 rings (SSSR count). The molecule has 29 heavy (non-hydrogen) atoms. The van der Waals surface area contributed by atoms with Gasteiger partial charge < -0.3 is 4.90 Å². The van der Waals surface area contributed by atoms with Crippen LogP contribution in [0.4, 0.5) is 22.1 Å². The first-order valence-corrected chi connectivity index (χ1v) is 9.81. The van der Waals surface area contributed by atoms with E-state index in [9.17, 15) is 4.79 Å². The second-order valence-corrected chi connectivity index (χ2v) is 7.59. The molecule has 7 nitrogen and oxygen atoms in total. The highest BCUT2D eigenvalue weighted by molar-refractivity contribution is 6.04. The number of nitrogens with one attached hydrogen (secondary N) is 1. The van der Waals surface area contributed by atoms with Gasteiger partial charge in [-0.15, -0.1) is 0 Å². The zero-order chi connectivity index (χ0) is 20.0. The Morgan fingerprint density at radius 1 is 1.14 bits per heavy atom. The number of rotatable bonds is 2. The van der Waals surface area contributed by atoms with E-state index in [2.05, 4.69) is 33.2 Å². The number of aromatic nitrogens is 3. The Kier molecular flexibility index (Phi) is 4.16. The van der Waals surface area contributed by atoms with Crippen molar-refractivity contribution in [1.29, 1.82) is 0 Å². The van der Waals surface area contributed by atoms with Crippen molar-refractivity contribution in [3.63, 3.8) is 0 Å². The van der Waals surface area contributed by atoms with Crippen molar-refractivity contribution in [2.24, 2.45) is 0 Å². The smallest absolute Gasteiger partial charge is 0.329 e. The lowest BCUT2D eigenvalue weighted by atomic mass is 10.0. The zero-order valence-corrected chi connectivity index (χ0v) is 16.5. The summed E-state index contributed by atoms with van der Waals surface area (Å²) in [5, 5.41) is 2.93. The van der Waals surface area contributed by atoms with Crippen LogP contribution in [0, 0.1) is 13.8 Å². The van der Waals surface area contributed by atoms with Crippen LogP contribution in [0.1, 0.15) is 17.7 Å². The van der Waals surface area contributed by atoms with Crippen LogP contribution in [0.25, 0.3) is 11.3 Å². The van der Waals surface area contributed by atoms with Gasteiger partial charge >= 0.3 is 6.03 Å². The van der Waals surface area contributed by atoms with Crippen LogP contribution >= 0.6 is 0 Å². The second-order valence-electron chi connectivity index (χ2n) is 7.59. The topological polar surface area (TPSA) is 74.2 Å². The highest BCUT2D eigenvalue weighted by Gasteiger charge is 2.40. The lowest BCUT2D eigenvalue weighted by Gasteiger charge is -2.36. The number of carbonyl (C=O) groups is 1. The number of nitrogens with zero attached hydrogens (tertiary/aromatic N) is 5. The van der Waals surface area contributed by atoms with Gasteiger partial charge in [0.1, 0.15) is 5.82 Å². The largest absolute Gasteiger partial charge is 0.366 e. The van der Waals surface area contributed by atoms with Gasteiger partial charge in [0.25, 0.3) is 0 Å². The van der Waals surface area contributed by atoms with Crippen LogP contribution < -0.4 is 15.1 Å². The molecule has 0 saturated carbocycles. The van der Waals surface area contributed by atoms with E-state index in [1.807, 2.05) is 36.1 Å². The van der Waals surface area contributed by atoms with E-state index >= 15 is 0 Å². The third kappa shape index (κ3) is 3.08. The maximum atomic E-state index is 13.2. The fourth-order valence-electron chi connectivity index (χ4n) is 4.20. The number of pyridine rings is 3. The molecule has 7 heteroatoms. The number of urea groups is 1. The van der Waals surface area contributed by atoms with Gasteiger partial charge in [0.15, 0.2) is 5.82 Å². The minimum absolute atomic E-state index is 0.105. The van der Waals surface area contributed by atoms with Crippen molar-refractivity contribution in [3.8, 4) is 11.3 Å². The van der Waals surface area contributed by atoms with Gasteiger partial charge in [-0.3, -0.25) is 15.2 Å². The number of anilines is 3. The lowest BCUT2D eigenvalue weighted by molar-refractivity contribution is 0.254. The number of amides is 2. The Hall–Kier alpha value is -3.48. The fourth-order valence-corrected chi connectivity index (χ4v) is 4.20. The van der Waals surface area contributed by atoms with Crippen LogP contribution in [0.3, 0.4) is 0 Å². The maximum absolute atomic E-state index is 13.2. The summed E-state index contributed by atoms with van der Waals surface area (Å²) in [6.07, 6.45) is 4.39. The average Bonchev–Trinajstić information content (AvgIpc) is 3.14. The Balaban J connectivity index is 1.58. The molecule has 3 aromatic rings. The molecule has 2 aliphatic heterocycles. The van der Waals surface area contributed by atoms with Gasteiger partial charge in [-0.05, 0) is 56.2 Å². The van der Waals surface area contributed by atoms with E-state index in [0.29, 0.717) is 11.6 Å². The number of carbonyl (C=O) groups excluding carboxylic acids is 1. The van der Waals surface area contributed by atoms with E-state index in [1.54, 1.807) is 18.5 Å². The molecule has 2 bridgehead atoms. The van der Waals surface area contributed by atoms with Gasteiger partial charge in [-0.1, -0.05) is 6.07 Å². The second kappa shape index (κ2) is 6.84. The highest BCUT2D eigenvalue weighted by Crippen LogP contribution is 2.41. The van der Waals surface area contributed by atoms with Gasteiger partial charge in [0.2, 0.25) is 0 Å². The molecule has 1 saturated heterocycles. The molecule has 0 aliphatic carbocycles. The lowest BCUT2D eigenvalue weighted by Crippen LogP contribution is -2.48. The number of hydrogen-bond acceptors (Lipinski definition) is 5. The Morgan fingerprint density at radius 2 is 2.03 bits per heavy atom. The molecule has 0 radical (unpaired) electrons. The summed E-state index contributed by atoms with van der Waals surface area (Å²) in [7, 11) is 0. The van der Waals surface area contributed by atoms with E-state index in [4.69, 9.17) is 4.98 Å². The molecule has 2 aliphatic rings. The number of hydrogen-bond donors (Lipinski definition) is 1. The van der Waals surface area contributed by atoms with Crippen molar-refractivity contribution >= 4 is 23.4 Å². The van der Waals surface area contributed by atoms with Crippen LogP contribution in [-0.4, -0.2) is 40.1 Å². The summed E-state index contributed by atoms with van der Waals surface area (Å²) < 4.78 is 0. The summed E-state index contributed by atoms with van der Waals surface area (Å²) in [6.45, 7) is 5.80. The molecule has 2 amide bonds. The molecule has 3 aromatic heterocycles. The van der Waals surface area contributed by atoms with Crippen molar-refractivity contribution in [2.45, 2.75) is 26.3 Å². The van der Waals surface area contributed by atoms with Crippen molar-refractivity contribution in [2.75, 3.05) is 28.2 Å². The van der Waals surface area contributed by atoms with Crippen molar-refractivity contribution in [3.05, 3.63) is 60.0 Å². The first-order chi connectivity index (χ1) is 14.1. The van der Waals surface area contributed by atoms with Crippen LogP contribution in [-0.2, 0) is 0 Å². The first kappa shape index (κ1) is 17.6. The zero-order valence-electron chi connectivity index (χ0n) is 16.5. The Bertz CT molecular complexity index is 1080. The van der Waals surface area contributed by atoms with Crippen molar-refractivity contribution in [1.82, 2.24) is 15.0 Å². The Morgan fingerprint density at radius 3 is 2.83 bits per heavy atom. The Labute approximate surface area is 169 Å². The third-order valence-corrected chi connectivity index (χ3v) is 5.56. The van der Waals surface area contributed by atoms with E-state index in [-0.39, 0.29) is 12.1 Å². The quantitative estimate of drug-likeness (QED) is 0.725. The first-order valence-electron chi connectivity index (χ1n) is 9.81. The number of aryl methyl sites for hydroxylation is 2. The normalized spacial score (nSPS) is 17.2. The summed E-state index contributed by atoms with van der Waals surface area (Å²) in [6, 6.07) is 11.5. The molecule has 5 heterocycles. The predicted octanol–water partition coefficient (Wildman–Crippen LogP) is 3.79. The number of fused-ring (bicyclic) bond motifs is 4. The van der Waals surface area contributed by atoms with E-state index < -0.39 is 0 Å². The van der Waals surface area contributed by atoms with Crippen molar-refractivity contribution < 1.29 is 4.79 Å². The molecule has 0 spiro atoms. The molecular weight excluding hydrogens is 364 g/mol. The summed E-state index contributed by atoms with van der Waals surface area (Å²) in [5.74, 6) is 1.25. The fraction of sp³-hybridized carbons (Fsp3) is 0.273.